The topological polar surface area (TPSA) is 97.3 Å². The fourth-order valence-electron chi connectivity index (χ4n) is 3.47. The van der Waals surface area contributed by atoms with Crippen LogP contribution in [0.3, 0.4) is 0 Å². The average molecular weight is 482 g/mol. The van der Waals surface area contributed by atoms with Crippen LogP contribution in [0.4, 0.5) is 5.69 Å². The lowest BCUT2D eigenvalue weighted by Gasteiger charge is -2.23. The number of hydrogen-bond donors (Lipinski definition) is 1. The first-order valence-electron chi connectivity index (χ1n) is 10.6. The number of ether oxygens (including phenoxy) is 2. The molecule has 0 radical (unpaired) electrons. The van der Waals surface area contributed by atoms with Crippen LogP contribution in [0, 0.1) is 0 Å². The number of carbonyl (C=O) groups is 1. The second kappa shape index (κ2) is 11.3. The van der Waals surface area contributed by atoms with Gasteiger partial charge in [0.05, 0.1) is 31.0 Å². The van der Waals surface area contributed by atoms with Gasteiger partial charge in [0.2, 0.25) is 0 Å². The van der Waals surface area contributed by atoms with Crippen LogP contribution in [0.25, 0.3) is 0 Å². The molecule has 0 atom stereocenters. The van der Waals surface area contributed by atoms with Gasteiger partial charge in [-0.05, 0) is 42.8 Å². The van der Waals surface area contributed by atoms with Crippen molar-refractivity contribution in [3.63, 3.8) is 0 Å². The number of hydrazone groups is 1. The highest BCUT2D eigenvalue weighted by molar-refractivity contribution is 7.92. The number of methoxy groups -OCH3 is 2. The second-order valence-corrected chi connectivity index (χ2v) is 9.04. The molecule has 1 amide bonds. The Hall–Kier alpha value is -3.85. The summed E-state index contributed by atoms with van der Waals surface area (Å²) in [6, 6.07) is 20.0. The van der Waals surface area contributed by atoms with Gasteiger partial charge in [-0.25, -0.2) is 13.8 Å². The monoisotopic (exact) mass is 481 g/mol. The van der Waals surface area contributed by atoms with Gasteiger partial charge in [-0.15, -0.1) is 0 Å². The first kappa shape index (κ1) is 24.8. The Balaban J connectivity index is 1.82. The summed E-state index contributed by atoms with van der Waals surface area (Å²) < 4.78 is 38.5. The fourth-order valence-corrected chi connectivity index (χ4v) is 4.91. The van der Waals surface area contributed by atoms with E-state index in [-0.39, 0.29) is 4.90 Å². The molecule has 3 aromatic carbocycles. The lowest BCUT2D eigenvalue weighted by atomic mass is 10.1. The maximum absolute atomic E-state index is 13.3. The van der Waals surface area contributed by atoms with Crippen molar-refractivity contribution in [2.24, 2.45) is 5.10 Å². The molecule has 0 saturated heterocycles. The van der Waals surface area contributed by atoms with Crippen LogP contribution < -0.4 is 19.2 Å². The van der Waals surface area contributed by atoms with Crippen LogP contribution in [0.15, 0.2) is 82.8 Å². The van der Waals surface area contributed by atoms with E-state index < -0.39 is 22.5 Å². The van der Waals surface area contributed by atoms with Gasteiger partial charge in [-0.3, -0.25) is 9.10 Å². The molecule has 34 heavy (non-hydrogen) atoms. The molecular weight excluding hydrogens is 454 g/mol. The van der Waals surface area contributed by atoms with E-state index in [2.05, 4.69) is 10.5 Å². The maximum Gasteiger partial charge on any atom is 0.264 e. The number of carbonyl (C=O) groups excluding carboxylic acids is 1. The third kappa shape index (κ3) is 5.55. The quantitative estimate of drug-likeness (QED) is 0.352. The van der Waals surface area contributed by atoms with Gasteiger partial charge in [0.1, 0.15) is 18.0 Å². The molecule has 0 bridgehead atoms. The minimum Gasteiger partial charge on any atom is -0.496 e. The minimum atomic E-state index is -3.97. The molecule has 3 rings (SSSR count). The molecular formula is C25H27N3O5S. The first-order valence-corrected chi connectivity index (χ1v) is 12.0. The summed E-state index contributed by atoms with van der Waals surface area (Å²) in [6.45, 7) is 1.53. The van der Waals surface area contributed by atoms with Gasteiger partial charge < -0.3 is 9.47 Å². The number of sulfonamides is 1. The standard InChI is InChI=1S/C25H27N3O5S/c1-4-22-23(32-2)16-15-19(25(22)33-3)17-26-27-24(29)18-28(20-11-7-5-8-12-20)34(30,31)21-13-9-6-10-14-21/h5-17H,4,18H2,1-3H3,(H,27,29)/b26-17-. The Labute approximate surface area is 199 Å². The smallest absolute Gasteiger partial charge is 0.264 e. The van der Waals surface area contributed by atoms with Crippen molar-refractivity contribution in [2.75, 3.05) is 25.1 Å². The second-order valence-electron chi connectivity index (χ2n) is 7.18. The van der Waals surface area contributed by atoms with E-state index in [0.717, 1.165) is 9.87 Å². The lowest BCUT2D eigenvalue weighted by Crippen LogP contribution is -2.39. The predicted molar refractivity (Wildman–Crippen MR) is 132 cm³/mol. The van der Waals surface area contributed by atoms with E-state index in [0.29, 0.717) is 29.2 Å². The molecule has 0 aliphatic carbocycles. The number of anilines is 1. The maximum atomic E-state index is 13.3. The van der Waals surface area contributed by atoms with Crippen LogP contribution in [-0.4, -0.2) is 41.3 Å². The van der Waals surface area contributed by atoms with Crippen molar-refractivity contribution in [3.8, 4) is 11.5 Å². The Bertz CT molecular complexity index is 1250. The van der Waals surface area contributed by atoms with Gasteiger partial charge in [-0.1, -0.05) is 43.3 Å². The van der Waals surface area contributed by atoms with E-state index in [1.807, 2.05) is 6.92 Å². The molecule has 8 nitrogen and oxygen atoms in total. The van der Waals surface area contributed by atoms with Gasteiger partial charge in [0, 0.05) is 11.1 Å². The summed E-state index contributed by atoms with van der Waals surface area (Å²) in [4.78, 5) is 12.8. The largest absolute Gasteiger partial charge is 0.496 e. The van der Waals surface area contributed by atoms with Gasteiger partial charge in [0.25, 0.3) is 15.9 Å². The van der Waals surface area contributed by atoms with Gasteiger partial charge in [-0.2, -0.15) is 5.10 Å². The van der Waals surface area contributed by atoms with E-state index in [1.165, 1.54) is 18.3 Å². The van der Waals surface area contributed by atoms with Crippen LogP contribution in [0.2, 0.25) is 0 Å². The van der Waals surface area contributed by atoms with Crippen LogP contribution >= 0.6 is 0 Å². The van der Waals surface area contributed by atoms with E-state index in [4.69, 9.17) is 9.47 Å². The van der Waals surface area contributed by atoms with Crippen molar-refractivity contribution in [1.29, 1.82) is 0 Å². The highest BCUT2D eigenvalue weighted by atomic mass is 32.2. The van der Waals surface area contributed by atoms with E-state index in [9.17, 15) is 13.2 Å². The molecule has 0 fully saturated rings. The zero-order valence-corrected chi connectivity index (χ0v) is 20.1. The van der Waals surface area contributed by atoms with Crippen molar-refractivity contribution in [1.82, 2.24) is 5.43 Å². The molecule has 9 heteroatoms. The predicted octanol–water partition coefficient (Wildman–Crippen LogP) is 3.61. The Morgan fingerprint density at radius 1 is 0.971 bits per heavy atom. The molecule has 178 valence electrons. The summed E-state index contributed by atoms with van der Waals surface area (Å²) in [5, 5.41) is 4.02. The third-order valence-electron chi connectivity index (χ3n) is 5.08. The summed E-state index contributed by atoms with van der Waals surface area (Å²) in [5.74, 6) is 0.699. The zero-order chi connectivity index (χ0) is 24.6. The fraction of sp³-hybridized carbons (Fsp3) is 0.200. The normalized spacial score (nSPS) is 11.3. The molecule has 1 N–H and O–H groups in total. The molecule has 0 heterocycles. The first-order chi connectivity index (χ1) is 16.4. The van der Waals surface area contributed by atoms with Crippen molar-refractivity contribution >= 4 is 27.8 Å². The SMILES string of the molecule is CCc1c(OC)ccc(/C=N\NC(=O)CN(c2ccccc2)S(=O)(=O)c2ccccc2)c1OC. The average Bonchev–Trinajstić information content (AvgIpc) is 2.87. The lowest BCUT2D eigenvalue weighted by molar-refractivity contribution is -0.119. The van der Waals surface area contributed by atoms with Crippen molar-refractivity contribution < 1.29 is 22.7 Å². The Morgan fingerprint density at radius 2 is 1.62 bits per heavy atom. The summed E-state index contributed by atoms with van der Waals surface area (Å²) in [7, 11) is -0.828. The van der Waals surface area contributed by atoms with Gasteiger partial charge >= 0.3 is 0 Å². The molecule has 0 aliphatic rings. The molecule has 3 aromatic rings. The highest BCUT2D eigenvalue weighted by Crippen LogP contribution is 2.31. The molecule has 0 spiro atoms. The highest BCUT2D eigenvalue weighted by Gasteiger charge is 2.26. The third-order valence-corrected chi connectivity index (χ3v) is 6.87. The molecule has 0 unspecified atom stereocenters. The van der Waals surface area contributed by atoms with Crippen LogP contribution in [-0.2, 0) is 21.2 Å². The number of rotatable bonds is 10. The summed E-state index contributed by atoms with van der Waals surface area (Å²) in [6.07, 6.45) is 2.14. The molecule has 0 aromatic heterocycles. The van der Waals surface area contributed by atoms with Gasteiger partial charge in [0.15, 0.2) is 0 Å². The molecule has 0 saturated carbocycles. The number of para-hydroxylation sites is 1. The molecule has 0 aliphatic heterocycles. The number of amides is 1. The number of benzene rings is 3. The van der Waals surface area contributed by atoms with E-state index >= 15 is 0 Å². The summed E-state index contributed by atoms with van der Waals surface area (Å²) in [5.41, 5.74) is 4.31. The number of hydrogen-bond acceptors (Lipinski definition) is 6. The minimum absolute atomic E-state index is 0.0882. The Morgan fingerprint density at radius 3 is 2.21 bits per heavy atom. The van der Waals surface area contributed by atoms with Crippen molar-refractivity contribution in [2.45, 2.75) is 18.2 Å². The number of nitrogens with zero attached hydrogens (tertiary/aromatic N) is 2. The summed E-state index contributed by atoms with van der Waals surface area (Å²) >= 11 is 0. The zero-order valence-electron chi connectivity index (χ0n) is 19.3. The Kier molecular flexibility index (Phi) is 8.26. The number of nitrogens with one attached hydrogen (secondary N) is 1. The van der Waals surface area contributed by atoms with Crippen LogP contribution in [0.1, 0.15) is 18.1 Å². The van der Waals surface area contributed by atoms with E-state index in [1.54, 1.807) is 74.9 Å². The van der Waals surface area contributed by atoms with Crippen molar-refractivity contribution in [3.05, 3.63) is 83.9 Å². The van der Waals surface area contributed by atoms with Crippen LogP contribution in [0.5, 0.6) is 11.5 Å².